The maximum atomic E-state index is 12.5. The Morgan fingerprint density at radius 3 is 2.96 bits per heavy atom. The number of hydrogen-bond acceptors (Lipinski definition) is 6. The predicted molar refractivity (Wildman–Crippen MR) is 97.7 cm³/mol. The third-order valence-electron chi connectivity index (χ3n) is 4.72. The van der Waals surface area contributed by atoms with Gasteiger partial charge in [0.15, 0.2) is 5.82 Å². The average molecular weight is 358 g/mol. The van der Waals surface area contributed by atoms with E-state index < -0.39 is 0 Å². The number of anilines is 1. The van der Waals surface area contributed by atoms with Crippen molar-refractivity contribution >= 4 is 11.8 Å². The molecule has 26 heavy (non-hydrogen) atoms. The van der Waals surface area contributed by atoms with Gasteiger partial charge in [-0.25, -0.2) is 9.78 Å². The van der Waals surface area contributed by atoms with Crippen LogP contribution < -0.4 is 5.32 Å². The summed E-state index contributed by atoms with van der Waals surface area (Å²) in [4.78, 5) is 25.1. The summed E-state index contributed by atoms with van der Waals surface area (Å²) in [5.41, 5.74) is 1.07. The molecule has 1 aliphatic heterocycles. The van der Waals surface area contributed by atoms with Crippen molar-refractivity contribution in [1.29, 1.82) is 0 Å². The van der Waals surface area contributed by atoms with Gasteiger partial charge < -0.3 is 9.42 Å². The predicted octanol–water partition coefficient (Wildman–Crippen LogP) is 2.60. The van der Waals surface area contributed by atoms with Crippen molar-refractivity contribution in [3.05, 3.63) is 35.6 Å². The van der Waals surface area contributed by atoms with Crippen molar-refractivity contribution in [2.75, 3.05) is 25.5 Å². The number of likely N-dealkylation sites (tertiary alicyclic amines) is 1. The highest BCUT2D eigenvalue weighted by atomic mass is 16.5. The summed E-state index contributed by atoms with van der Waals surface area (Å²) in [5.74, 6) is 1.89. The number of urea groups is 1. The van der Waals surface area contributed by atoms with E-state index in [1.54, 1.807) is 13.1 Å². The van der Waals surface area contributed by atoms with Gasteiger partial charge in [-0.1, -0.05) is 5.16 Å². The van der Waals surface area contributed by atoms with Gasteiger partial charge in [0.2, 0.25) is 5.89 Å². The molecule has 2 amide bonds. The van der Waals surface area contributed by atoms with Crippen molar-refractivity contribution in [1.82, 2.24) is 24.9 Å². The van der Waals surface area contributed by atoms with E-state index in [-0.39, 0.29) is 6.03 Å². The minimum absolute atomic E-state index is 0.0832. The van der Waals surface area contributed by atoms with Gasteiger partial charge in [0.1, 0.15) is 5.82 Å². The molecule has 8 nitrogen and oxygen atoms in total. The summed E-state index contributed by atoms with van der Waals surface area (Å²) in [5, 5.41) is 6.86. The lowest BCUT2D eigenvalue weighted by atomic mass is 10.1. The highest BCUT2D eigenvalue weighted by molar-refractivity contribution is 5.88. The number of nitrogens with one attached hydrogen (secondary N) is 1. The van der Waals surface area contributed by atoms with Gasteiger partial charge in [-0.05, 0) is 50.9 Å². The molecule has 3 heterocycles. The van der Waals surface area contributed by atoms with E-state index >= 15 is 0 Å². The first-order valence-electron chi connectivity index (χ1n) is 8.99. The van der Waals surface area contributed by atoms with Crippen molar-refractivity contribution in [3.63, 3.8) is 0 Å². The Kier molecular flexibility index (Phi) is 5.82. The van der Waals surface area contributed by atoms with E-state index in [0.29, 0.717) is 30.1 Å². The zero-order chi connectivity index (χ0) is 18.5. The summed E-state index contributed by atoms with van der Waals surface area (Å²) >= 11 is 0. The molecule has 3 rings (SSSR count). The van der Waals surface area contributed by atoms with Crippen LogP contribution in [0, 0.1) is 13.8 Å². The molecule has 0 unspecified atom stereocenters. The fraction of sp³-hybridized carbons (Fsp3) is 0.556. The van der Waals surface area contributed by atoms with Crippen LogP contribution in [0.5, 0.6) is 0 Å². The van der Waals surface area contributed by atoms with Gasteiger partial charge in [0, 0.05) is 32.3 Å². The second-order valence-electron chi connectivity index (χ2n) is 6.87. The topological polar surface area (TPSA) is 87.4 Å². The summed E-state index contributed by atoms with van der Waals surface area (Å²) in [6, 6.07) is 4.09. The number of carbonyl (C=O) groups is 1. The van der Waals surface area contributed by atoms with Gasteiger partial charge in [0.05, 0.1) is 6.54 Å². The lowest BCUT2D eigenvalue weighted by Gasteiger charge is -2.26. The lowest BCUT2D eigenvalue weighted by Crippen LogP contribution is -2.37. The largest absolute Gasteiger partial charge is 0.340 e. The number of aromatic nitrogens is 3. The molecule has 1 aliphatic rings. The molecular weight excluding hydrogens is 332 g/mol. The maximum Gasteiger partial charge on any atom is 0.323 e. The fourth-order valence-corrected chi connectivity index (χ4v) is 3.27. The van der Waals surface area contributed by atoms with Gasteiger partial charge in [-0.2, -0.15) is 4.98 Å². The van der Waals surface area contributed by atoms with Crippen LogP contribution in [0.1, 0.15) is 36.5 Å². The monoisotopic (exact) mass is 358 g/mol. The number of pyridine rings is 1. The van der Waals surface area contributed by atoms with Crippen LogP contribution in [0.4, 0.5) is 10.6 Å². The standard InChI is InChI=1S/C18H26N6O2/c1-13-6-8-19-16(11-13)21-18(25)24-9-4-5-15(7-10-24)23(3)12-17-20-14(2)26-22-17/h6,8,11,15H,4-5,7,9-10,12H2,1-3H3,(H,19,21,25)/t15-/m0/s1. The molecule has 2 aromatic rings. The van der Waals surface area contributed by atoms with E-state index in [9.17, 15) is 4.79 Å². The Balaban J connectivity index is 1.53. The molecule has 140 valence electrons. The number of nitrogens with zero attached hydrogens (tertiary/aromatic N) is 5. The van der Waals surface area contributed by atoms with Gasteiger partial charge in [-0.3, -0.25) is 10.2 Å². The number of hydrogen-bond donors (Lipinski definition) is 1. The molecule has 0 radical (unpaired) electrons. The number of amides is 2. The second kappa shape index (κ2) is 8.27. The zero-order valence-electron chi connectivity index (χ0n) is 15.6. The number of carbonyl (C=O) groups excluding carboxylic acids is 1. The van der Waals surface area contributed by atoms with Gasteiger partial charge in [0.25, 0.3) is 0 Å². The molecular formula is C18H26N6O2. The van der Waals surface area contributed by atoms with Crippen molar-refractivity contribution < 1.29 is 9.32 Å². The number of rotatable bonds is 4. The number of aryl methyl sites for hydroxylation is 2. The van der Waals surface area contributed by atoms with Crippen LogP contribution in [0.3, 0.4) is 0 Å². The Labute approximate surface area is 153 Å². The molecule has 1 N–H and O–H groups in total. The van der Waals surface area contributed by atoms with Crippen molar-refractivity contribution in [2.45, 2.75) is 45.7 Å². The van der Waals surface area contributed by atoms with Crippen LogP contribution in [0.15, 0.2) is 22.9 Å². The van der Waals surface area contributed by atoms with Crippen LogP contribution in [0.2, 0.25) is 0 Å². The smallest absolute Gasteiger partial charge is 0.323 e. The Bertz CT molecular complexity index is 747. The SMILES string of the molecule is Cc1ccnc(NC(=O)N2CCC[C@H](N(C)Cc3noc(C)n3)CC2)c1. The molecule has 8 heteroatoms. The third kappa shape index (κ3) is 4.78. The van der Waals surface area contributed by atoms with Crippen molar-refractivity contribution in [3.8, 4) is 0 Å². The first kappa shape index (κ1) is 18.3. The summed E-state index contributed by atoms with van der Waals surface area (Å²) in [6.07, 6.45) is 4.63. The average Bonchev–Trinajstić information content (AvgIpc) is 2.85. The highest BCUT2D eigenvalue weighted by Crippen LogP contribution is 2.18. The quantitative estimate of drug-likeness (QED) is 0.904. The van der Waals surface area contributed by atoms with Crippen LogP contribution in [-0.4, -0.2) is 57.1 Å². The molecule has 1 fully saturated rings. The first-order valence-corrected chi connectivity index (χ1v) is 8.99. The summed E-state index contributed by atoms with van der Waals surface area (Å²) in [6.45, 7) is 5.90. The fourth-order valence-electron chi connectivity index (χ4n) is 3.27. The molecule has 1 atom stereocenters. The van der Waals surface area contributed by atoms with Gasteiger partial charge >= 0.3 is 6.03 Å². The summed E-state index contributed by atoms with van der Waals surface area (Å²) < 4.78 is 5.04. The molecule has 0 spiro atoms. The minimum atomic E-state index is -0.0832. The Hall–Kier alpha value is -2.48. The van der Waals surface area contributed by atoms with Gasteiger partial charge in [-0.15, -0.1) is 0 Å². The van der Waals surface area contributed by atoms with E-state index in [1.807, 2.05) is 24.0 Å². The first-order chi connectivity index (χ1) is 12.5. The van der Waals surface area contributed by atoms with E-state index in [4.69, 9.17) is 4.52 Å². The Morgan fingerprint density at radius 2 is 2.23 bits per heavy atom. The molecule has 2 aromatic heterocycles. The minimum Gasteiger partial charge on any atom is -0.340 e. The molecule has 0 saturated carbocycles. The zero-order valence-corrected chi connectivity index (χ0v) is 15.6. The van der Waals surface area contributed by atoms with E-state index in [1.165, 1.54) is 0 Å². The van der Waals surface area contributed by atoms with Crippen LogP contribution >= 0.6 is 0 Å². The van der Waals surface area contributed by atoms with Crippen LogP contribution in [0.25, 0.3) is 0 Å². The van der Waals surface area contributed by atoms with Crippen LogP contribution in [-0.2, 0) is 6.54 Å². The van der Waals surface area contributed by atoms with Crippen molar-refractivity contribution in [2.24, 2.45) is 0 Å². The maximum absolute atomic E-state index is 12.5. The molecule has 1 saturated heterocycles. The van der Waals surface area contributed by atoms with E-state index in [0.717, 1.165) is 37.9 Å². The normalized spacial score (nSPS) is 18.0. The second-order valence-corrected chi connectivity index (χ2v) is 6.87. The molecule has 0 aliphatic carbocycles. The molecule has 0 bridgehead atoms. The highest BCUT2D eigenvalue weighted by Gasteiger charge is 2.24. The molecule has 0 aromatic carbocycles. The lowest BCUT2D eigenvalue weighted by molar-refractivity contribution is 0.197. The summed E-state index contributed by atoms with van der Waals surface area (Å²) in [7, 11) is 2.07. The Morgan fingerprint density at radius 1 is 1.38 bits per heavy atom. The third-order valence-corrected chi connectivity index (χ3v) is 4.72. The van der Waals surface area contributed by atoms with E-state index in [2.05, 4.69) is 32.4 Å².